The van der Waals surface area contributed by atoms with Gasteiger partial charge in [0.2, 0.25) is 0 Å². The van der Waals surface area contributed by atoms with Gasteiger partial charge in [0.1, 0.15) is 13.2 Å². The molecule has 0 amide bonds. The van der Waals surface area contributed by atoms with Gasteiger partial charge in [0, 0.05) is 19.3 Å². The van der Waals surface area contributed by atoms with Crippen LogP contribution in [-0.2, 0) is 28.6 Å². The van der Waals surface area contributed by atoms with E-state index in [0.717, 1.165) is 69.6 Å². The van der Waals surface area contributed by atoms with Crippen LogP contribution >= 0.6 is 0 Å². The fourth-order valence-corrected chi connectivity index (χ4v) is 7.57. The van der Waals surface area contributed by atoms with E-state index in [0.29, 0.717) is 19.3 Å². The first-order valence-electron chi connectivity index (χ1n) is 25.3. The topological polar surface area (TPSA) is 78.9 Å². The third-order valence-electron chi connectivity index (χ3n) is 12.2. The first-order valence-corrected chi connectivity index (χ1v) is 25.3. The maximum atomic E-state index is 12.6. The molecule has 0 heterocycles. The molecule has 0 N–H and O–H groups in total. The van der Waals surface area contributed by atoms with E-state index in [9.17, 15) is 14.4 Å². The summed E-state index contributed by atoms with van der Waals surface area (Å²) >= 11 is 0. The number of hydrogen-bond acceptors (Lipinski definition) is 6. The highest BCUT2D eigenvalue weighted by atomic mass is 16.6. The Morgan fingerprint density at radius 3 is 0.912 bits per heavy atom. The number of rotatable bonds is 45. The van der Waals surface area contributed by atoms with Crippen molar-refractivity contribution in [2.75, 3.05) is 13.2 Å². The minimum absolute atomic E-state index is 0.0652. The van der Waals surface area contributed by atoms with Crippen molar-refractivity contribution in [1.29, 1.82) is 0 Å². The first kappa shape index (κ1) is 55.4. The molecule has 3 atom stereocenters. The Morgan fingerprint density at radius 1 is 0.351 bits per heavy atom. The molecule has 0 aromatic heterocycles. The van der Waals surface area contributed by atoms with E-state index < -0.39 is 6.10 Å². The van der Waals surface area contributed by atoms with Gasteiger partial charge in [-0.2, -0.15) is 0 Å². The van der Waals surface area contributed by atoms with Crippen LogP contribution in [0.4, 0.5) is 0 Å². The van der Waals surface area contributed by atoms with Crippen LogP contribution in [0.2, 0.25) is 0 Å². The van der Waals surface area contributed by atoms with Gasteiger partial charge in [-0.05, 0) is 31.1 Å². The lowest BCUT2D eigenvalue weighted by atomic mass is 9.99. The molecule has 0 aliphatic rings. The molecular weight excluding hydrogens is 709 g/mol. The Bertz CT molecular complexity index is 874. The molecule has 0 fully saturated rings. The Morgan fingerprint density at radius 2 is 0.614 bits per heavy atom. The number of unbranched alkanes of at least 4 members (excludes halogenated alkanes) is 28. The molecule has 0 radical (unpaired) electrons. The molecule has 6 heteroatoms. The summed E-state index contributed by atoms with van der Waals surface area (Å²) in [6, 6.07) is 0. The highest BCUT2D eigenvalue weighted by molar-refractivity contribution is 5.71. The molecule has 0 saturated heterocycles. The maximum Gasteiger partial charge on any atom is 0.306 e. The summed E-state index contributed by atoms with van der Waals surface area (Å²) in [7, 11) is 0. The highest BCUT2D eigenvalue weighted by Crippen LogP contribution is 2.18. The minimum atomic E-state index is -0.760. The van der Waals surface area contributed by atoms with Crippen LogP contribution in [0.5, 0.6) is 0 Å². The number of carbonyl (C=O) groups excluding carboxylic acids is 3. The van der Waals surface area contributed by atoms with Crippen molar-refractivity contribution in [3.05, 3.63) is 0 Å². The lowest BCUT2D eigenvalue weighted by Crippen LogP contribution is -2.30. The number of hydrogen-bond donors (Lipinski definition) is 0. The summed E-state index contributed by atoms with van der Waals surface area (Å²) in [5.74, 6) is 0.863. The van der Waals surface area contributed by atoms with E-state index in [-0.39, 0.29) is 31.1 Å². The summed E-state index contributed by atoms with van der Waals surface area (Å²) < 4.78 is 16.7. The van der Waals surface area contributed by atoms with Crippen LogP contribution in [0.3, 0.4) is 0 Å². The number of esters is 3. The average Bonchev–Trinajstić information content (AvgIpc) is 3.21. The molecule has 0 aromatic rings. The third-order valence-corrected chi connectivity index (χ3v) is 12.2. The second-order valence-corrected chi connectivity index (χ2v) is 17.9. The molecule has 6 nitrogen and oxygen atoms in total. The van der Waals surface area contributed by atoms with Crippen LogP contribution in [0.15, 0.2) is 0 Å². The van der Waals surface area contributed by atoms with Crippen molar-refractivity contribution in [2.24, 2.45) is 11.8 Å². The number of ether oxygens (including phenoxy) is 3. The highest BCUT2D eigenvalue weighted by Gasteiger charge is 2.19. The van der Waals surface area contributed by atoms with Gasteiger partial charge in [0.15, 0.2) is 6.10 Å². The zero-order valence-corrected chi connectivity index (χ0v) is 39.0. The Balaban J connectivity index is 4.08. The smallest absolute Gasteiger partial charge is 0.306 e. The second-order valence-electron chi connectivity index (χ2n) is 17.9. The Kier molecular flexibility index (Phi) is 42.7. The molecule has 0 saturated carbocycles. The van der Waals surface area contributed by atoms with Crippen molar-refractivity contribution in [3.8, 4) is 0 Å². The van der Waals surface area contributed by atoms with Crippen LogP contribution in [-0.4, -0.2) is 37.2 Å². The lowest BCUT2D eigenvalue weighted by Gasteiger charge is -2.18. The largest absolute Gasteiger partial charge is 0.462 e. The standard InChI is InChI=1S/C51H98O6/c1-6-9-10-11-24-33-38-43-51(54)57-48(45-56-50(53)42-37-32-28-27-30-35-40-47(5)8-3)44-55-49(52)41-36-31-26-23-21-19-17-15-13-12-14-16-18-20-22-25-29-34-39-46(4)7-2/h46-48H,6-45H2,1-5H3/t46?,47?,48-/m1/s1. The maximum absolute atomic E-state index is 12.6. The fraction of sp³-hybridized carbons (Fsp3) is 0.941. The molecule has 0 aliphatic carbocycles. The van der Waals surface area contributed by atoms with Crippen LogP contribution in [0, 0.1) is 11.8 Å². The Labute approximate surface area is 355 Å². The van der Waals surface area contributed by atoms with Gasteiger partial charge in [0.05, 0.1) is 0 Å². The van der Waals surface area contributed by atoms with E-state index in [1.807, 2.05) is 0 Å². The molecule has 338 valence electrons. The summed E-state index contributed by atoms with van der Waals surface area (Å²) in [6.07, 6.45) is 44.0. The summed E-state index contributed by atoms with van der Waals surface area (Å²) in [5.41, 5.74) is 0. The average molecular weight is 807 g/mol. The monoisotopic (exact) mass is 807 g/mol. The van der Waals surface area contributed by atoms with Gasteiger partial charge in [-0.25, -0.2) is 0 Å². The van der Waals surface area contributed by atoms with Crippen molar-refractivity contribution in [3.63, 3.8) is 0 Å². The summed E-state index contributed by atoms with van der Waals surface area (Å²) in [5, 5.41) is 0. The zero-order chi connectivity index (χ0) is 41.9. The molecule has 0 rings (SSSR count). The van der Waals surface area contributed by atoms with Gasteiger partial charge in [0.25, 0.3) is 0 Å². The molecule has 0 aromatic carbocycles. The molecule has 57 heavy (non-hydrogen) atoms. The predicted octanol–water partition coefficient (Wildman–Crippen LogP) is 16.1. The van der Waals surface area contributed by atoms with E-state index in [1.54, 1.807) is 0 Å². The zero-order valence-electron chi connectivity index (χ0n) is 39.0. The fourth-order valence-electron chi connectivity index (χ4n) is 7.57. The predicted molar refractivity (Wildman–Crippen MR) is 243 cm³/mol. The van der Waals surface area contributed by atoms with Gasteiger partial charge >= 0.3 is 17.9 Å². The van der Waals surface area contributed by atoms with Crippen LogP contribution in [0.1, 0.15) is 279 Å². The van der Waals surface area contributed by atoms with Gasteiger partial charge < -0.3 is 14.2 Å². The molecule has 0 bridgehead atoms. The third kappa shape index (κ3) is 42.3. The van der Waals surface area contributed by atoms with Crippen molar-refractivity contribution in [1.82, 2.24) is 0 Å². The van der Waals surface area contributed by atoms with Crippen molar-refractivity contribution >= 4 is 17.9 Å². The normalized spacial score (nSPS) is 13.0. The van der Waals surface area contributed by atoms with Gasteiger partial charge in [-0.1, -0.05) is 240 Å². The van der Waals surface area contributed by atoms with Gasteiger partial charge in [-0.3, -0.25) is 14.4 Å². The van der Waals surface area contributed by atoms with Gasteiger partial charge in [-0.15, -0.1) is 0 Å². The second kappa shape index (κ2) is 44.0. The van der Waals surface area contributed by atoms with E-state index in [2.05, 4.69) is 34.6 Å². The van der Waals surface area contributed by atoms with E-state index >= 15 is 0 Å². The van der Waals surface area contributed by atoms with Crippen LogP contribution in [0.25, 0.3) is 0 Å². The first-order chi connectivity index (χ1) is 27.8. The lowest BCUT2D eigenvalue weighted by molar-refractivity contribution is -0.167. The van der Waals surface area contributed by atoms with Crippen LogP contribution < -0.4 is 0 Å². The number of carbonyl (C=O) groups is 3. The molecular formula is C51H98O6. The van der Waals surface area contributed by atoms with Crippen molar-refractivity contribution in [2.45, 2.75) is 285 Å². The molecule has 0 spiro atoms. The molecule has 0 aliphatic heterocycles. The Hall–Kier alpha value is -1.59. The van der Waals surface area contributed by atoms with E-state index in [1.165, 1.54) is 167 Å². The minimum Gasteiger partial charge on any atom is -0.462 e. The summed E-state index contributed by atoms with van der Waals surface area (Å²) in [4.78, 5) is 37.7. The van der Waals surface area contributed by atoms with E-state index in [4.69, 9.17) is 14.2 Å². The summed E-state index contributed by atoms with van der Waals surface area (Å²) in [6.45, 7) is 11.3. The SMILES string of the molecule is CCCCCCCCCC(=O)O[C@H](COC(=O)CCCCCCCCCCCCCCCCCCCCC(C)CC)COC(=O)CCCCCCCCC(C)CC. The quantitative estimate of drug-likeness (QED) is 0.0346. The molecule has 2 unspecified atom stereocenters. The van der Waals surface area contributed by atoms with Crippen molar-refractivity contribution < 1.29 is 28.6 Å².